The van der Waals surface area contributed by atoms with Gasteiger partial charge in [0.2, 0.25) is 0 Å². The van der Waals surface area contributed by atoms with Crippen molar-refractivity contribution in [2.75, 3.05) is 6.54 Å². The molecule has 0 aliphatic rings. The Morgan fingerprint density at radius 3 is 3.00 bits per heavy atom. The number of para-hydroxylation sites is 1. The lowest BCUT2D eigenvalue weighted by Crippen LogP contribution is -2.27. The molecule has 3 rings (SSSR count). The Morgan fingerprint density at radius 1 is 1.33 bits per heavy atom. The number of hydrogen-bond acceptors (Lipinski definition) is 3. The second kappa shape index (κ2) is 5.93. The SMILES string of the molecule is O=C(NCCn1ccnc1)c1cc(Cl)nc2ccccc12. The Labute approximate surface area is 126 Å². The third-order valence-electron chi connectivity index (χ3n) is 3.14. The van der Waals surface area contributed by atoms with Crippen LogP contribution >= 0.6 is 11.6 Å². The molecule has 0 saturated carbocycles. The maximum absolute atomic E-state index is 12.3. The van der Waals surface area contributed by atoms with E-state index >= 15 is 0 Å². The van der Waals surface area contributed by atoms with Crippen LogP contribution in [0.3, 0.4) is 0 Å². The molecule has 0 bridgehead atoms. The first-order valence-electron chi connectivity index (χ1n) is 6.53. The van der Waals surface area contributed by atoms with Gasteiger partial charge >= 0.3 is 0 Å². The molecular weight excluding hydrogens is 288 g/mol. The molecule has 1 amide bonds. The Bertz CT molecular complexity index is 770. The summed E-state index contributed by atoms with van der Waals surface area (Å²) in [7, 11) is 0. The van der Waals surface area contributed by atoms with Crippen molar-refractivity contribution in [1.82, 2.24) is 19.9 Å². The molecule has 6 heteroatoms. The van der Waals surface area contributed by atoms with E-state index < -0.39 is 0 Å². The van der Waals surface area contributed by atoms with Crippen molar-refractivity contribution in [3.05, 3.63) is 59.8 Å². The molecule has 2 aromatic heterocycles. The molecule has 0 atom stereocenters. The van der Waals surface area contributed by atoms with Crippen molar-refractivity contribution < 1.29 is 4.79 Å². The van der Waals surface area contributed by atoms with E-state index in [0.29, 0.717) is 29.3 Å². The van der Waals surface area contributed by atoms with Crippen LogP contribution in [0.2, 0.25) is 5.15 Å². The Morgan fingerprint density at radius 2 is 2.19 bits per heavy atom. The van der Waals surface area contributed by atoms with Gasteiger partial charge in [0.25, 0.3) is 5.91 Å². The highest BCUT2D eigenvalue weighted by atomic mass is 35.5. The van der Waals surface area contributed by atoms with Gasteiger partial charge < -0.3 is 9.88 Å². The summed E-state index contributed by atoms with van der Waals surface area (Å²) in [5.41, 5.74) is 1.25. The minimum absolute atomic E-state index is 0.157. The van der Waals surface area contributed by atoms with Gasteiger partial charge in [-0.05, 0) is 12.1 Å². The standard InChI is InChI=1S/C15H13ClN4O/c16-14-9-12(11-3-1-2-4-13(11)19-14)15(21)18-6-8-20-7-5-17-10-20/h1-5,7,9-10H,6,8H2,(H,18,21). The molecule has 2 heterocycles. The summed E-state index contributed by atoms with van der Waals surface area (Å²) in [6.45, 7) is 1.19. The van der Waals surface area contributed by atoms with Crippen LogP contribution in [-0.2, 0) is 6.54 Å². The van der Waals surface area contributed by atoms with Gasteiger partial charge in [0.15, 0.2) is 0 Å². The van der Waals surface area contributed by atoms with E-state index in [0.717, 1.165) is 5.39 Å². The minimum Gasteiger partial charge on any atom is -0.350 e. The molecule has 0 saturated heterocycles. The predicted octanol–water partition coefficient (Wildman–Crippen LogP) is 2.51. The highest BCUT2D eigenvalue weighted by Crippen LogP contribution is 2.20. The molecule has 0 spiro atoms. The summed E-state index contributed by atoms with van der Waals surface area (Å²) < 4.78 is 1.90. The second-order valence-corrected chi connectivity index (χ2v) is 4.95. The van der Waals surface area contributed by atoms with E-state index in [4.69, 9.17) is 11.6 Å². The van der Waals surface area contributed by atoms with Gasteiger partial charge in [-0.1, -0.05) is 29.8 Å². The van der Waals surface area contributed by atoms with Crippen LogP contribution < -0.4 is 5.32 Å². The van der Waals surface area contributed by atoms with E-state index in [1.54, 1.807) is 18.6 Å². The number of fused-ring (bicyclic) bond motifs is 1. The summed E-state index contributed by atoms with van der Waals surface area (Å²) in [4.78, 5) is 20.5. The number of halogens is 1. The lowest BCUT2D eigenvalue weighted by Gasteiger charge is -2.08. The Hall–Kier alpha value is -2.40. The van der Waals surface area contributed by atoms with E-state index in [2.05, 4.69) is 15.3 Å². The molecule has 0 aliphatic carbocycles. The molecule has 0 fully saturated rings. The Balaban J connectivity index is 1.78. The normalized spacial score (nSPS) is 10.7. The monoisotopic (exact) mass is 300 g/mol. The number of carbonyl (C=O) groups is 1. The zero-order valence-corrected chi connectivity index (χ0v) is 11.9. The first-order chi connectivity index (χ1) is 10.2. The first kappa shape index (κ1) is 13.6. The quantitative estimate of drug-likeness (QED) is 0.753. The number of pyridine rings is 1. The average molecular weight is 301 g/mol. The van der Waals surface area contributed by atoms with Crippen molar-refractivity contribution in [2.24, 2.45) is 0 Å². The lowest BCUT2D eigenvalue weighted by atomic mass is 10.1. The minimum atomic E-state index is -0.157. The van der Waals surface area contributed by atoms with Gasteiger partial charge in [-0.2, -0.15) is 0 Å². The largest absolute Gasteiger partial charge is 0.350 e. The third kappa shape index (κ3) is 3.03. The summed E-state index contributed by atoms with van der Waals surface area (Å²) in [6, 6.07) is 9.04. The number of nitrogens with one attached hydrogen (secondary N) is 1. The van der Waals surface area contributed by atoms with Gasteiger partial charge in [-0.25, -0.2) is 9.97 Å². The van der Waals surface area contributed by atoms with Crippen molar-refractivity contribution >= 4 is 28.4 Å². The maximum Gasteiger partial charge on any atom is 0.252 e. The third-order valence-corrected chi connectivity index (χ3v) is 3.34. The van der Waals surface area contributed by atoms with Crippen LogP contribution in [0.15, 0.2) is 49.1 Å². The van der Waals surface area contributed by atoms with Gasteiger partial charge in [0.05, 0.1) is 17.4 Å². The smallest absolute Gasteiger partial charge is 0.252 e. The van der Waals surface area contributed by atoms with E-state index in [-0.39, 0.29) is 5.91 Å². The van der Waals surface area contributed by atoms with Gasteiger partial charge in [0, 0.05) is 30.9 Å². The molecule has 0 unspecified atom stereocenters. The van der Waals surface area contributed by atoms with Crippen molar-refractivity contribution in [2.45, 2.75) is 6.54 Å². The van der Waals surface area contributed by atoms with Crippen LogP contribution in [0, 0.1) is 0 Å². The number of benzene rings is 1. The fraction of sp³-hybridized carbons (Fsp3) is 0.133. The maximum atomic E-state index is 12.3. The zero-order valence-electron chi connectivity index (χ0n) is 11.2. The molecule has 0 radical (unpaired) electrons. The van der Waals surface area contributed by atoms with E-state index in [9.17, 15) is 4.79 Å². The number of imidazole rings is 1. The number of rotatable bonds is 4. The average Bonchev–Trinajstić information content (AvgIpc) is 2.99. The van der Waals surface area contributed by atoms with Gasteiger partial charge in [-0.15, -0.1) is 0 Å². The summed E-state index contributed by atoms with van der Waals surface area (Å²) in [6.07, 6.45) is 5.27. The van der Waals surface area contributed by atoms with Crippen LogP contribution in [0.4, 0.5) is 0 Å². The molecule has 5 nitrogen and oxygen atoms in total. The summed E-state index contributed by atoms with van der Waals surface area (Å²) in [5.74, 6) is -0.157. The van der Waals surface area contributed by atoms with Crippen molar-refractivity contribution in [3.8, 4) is 0 Å². The number of amides is 1. The molecule has 3 aromatic rings. The predicted molar refractivity (Wildman–Crippen MR) is 81.3 cm³/mol. The second-order valence-electron chi connectivity index (χ2n) is 4.57. The topological polar surface area (TPSA) is 59.8 Å². The van der Waals surface area contributed by atoms with Gasteiger partial charge in [-0.3, -0.25) is 4.79 Å². The van der Waals surface area contributed by atoms with Crippen LogP contribution in [-0.4, -0.2) is 27.0 Å². The molecule has 106 valence electrons. The van der Waals surface area contributed by atoms with E-state index in [1.165, 1.54) is 0 Å². The van der Waals surface area contributed by atoms with Crippen LogP contribution in [0.5, 0.6) is 0 Å². The molecule has 1 aromatic carbocycles. The van der Waals surface area contributed by atoms with Gasteiger partial charge in [0.1, 0.15) is 5.15 Å². The fourth-order valence-electron chi connectivity index (χ4n) is 2.14. The number of hydrogen-bond donors (Lipinski definition) is 1. The van der Waals surface area contributed by atoms with Crippen molar-refractivity contribution in [3.63, 3.8) is 0 Å². The first-order valence-corrected chi connectivity index (χ1v) is 6.91. The zero-order chi connectivity index (χ0) is 14.7. The lowest BCUT2D eigenvalue weighted by molar-refractivity contribution is 0.0954. The number of nitrogens with zero attached hydrogens (tertiary/aromatic N) is 3. The van der Waals surface area contributed by atoms with E-state index in [1.807, 2.05) is 35.0 Å². The molecule has 0 aliphatic heterocycles. The van der Waals surface area contributed by atoms with Crippen LogP contribution in [0.1, 0.15) is 10.4 Å². The highest BCUT2D eigenvalue weighted by molar-refractivity contribution is 6.30. The molecule has 1 N–H and O–H groups in total. The number of aromatic nitrogens is 3. The summed E-state index contributed by atoms with van der Waals surface area (Å²) in [5, 5.41) is 3.99. The highest BCUT2D eigenvalue weighted by Gasteiger charge is 2.11. The molecule has 21 heavy (non-hydrogen) atoms. The summed E-state index contributed by atoms with van der Waals surface area (Å²) >= 11 is 5.98. The molecular formula is C15H13ClN4O. The fourth-order valence-corrected chi connectivity index (χ4v) is 2.34. The van der Waals surface area contributed by atoms with Crippen LogP contribution in [0.25, 0.3) is 10.9 Å². The Kier molecular flexibility index (Phi) is 3.83. The van der Waals surface area contributed by atoms with Crippen molar-refractivity contribution in [1.29, 1.82) is 0 Å². The number of carbonyl (C=O) groups excluding carboxylic acids is 1.